The van der Waals surface area contributed by atoms with Crippen molar-refractivity contribution >= 4 is 15.9 Å². The van der Waals surface area contributed by atoms with Gasteiger partial charge < -0.3 is 4.98 Å². The number of halogens is 1. The third-order valence-corrected chi connectivity index (χ3v) is 3.55. The Morgan fingerprint density at radius 2 is 2.36 bits per heavy atom. The minimum Gasteiger partial charge on any atom is -0.365 e. The van der Waals surface area contributed by atoms with E-state index in [2.05, 4.69) is 33.0 Å². The molecule has 60 valence electrons. The molecule has 1 nitrogen and oxygen atoms in total. The molecule has 11 heavy (non-hydrogen) atoms. The molecule has 0 radical (unpaired) electrons. The molecule has 0 spiro atoms. The van der Waals surface area contributed by atoms with E-state index in [1.54, 1.807) is 0 Å². The van der Waals surface area contributed by atoms with Gasteiger partial charge in [0.05, 0.1) is 0 Å². The molecule has 2 unspecified atom stereocenters. The molecule has 0 saturated heterocycles. The maximum atomic E-state index is 3.71. The molecule has 2 rings (SSSR count). The van der Waals surface area contributed by atoms with E-state index in [0.717, 1.165) is 5.92 Å². The van der Waals surface area contributed by atoms with Crippen LogP contribution in [0.5, 0.6) is 0 Å². The van der Waals surface area contributed by atoms with E-state index in [-0.39, 0.29) is 0 Å². The molecule has 0 amide bonds. The van der Waals surface area contributed by atoms with Crippen LogP contribution >= 0.6 is 15.9 Å². The fourth-order valence-corrected chi connectivity index (χ4v) is 2.71. The first-order chi connectivity index (χ1) is 5.38. The Hall–Kier alpha value is -0.240. The van der Waals surface area contributed by atoms with Crippen molar-refractivity contribution < 1.29 is 0 Å². The van der Waals surface area contributed by atoms with Gasteiger partial charge >= 0.3 is 0 Å². The average Bonchev–Trinajstić information content (AvgIpc) is 2.55. The Morgan fingerprint density at radius 1 is 1.45 bits per heavy atom. The number of nitrogens with one attached hydrogen (secondary N) is 1. The van der Waals surface area contributed by atoms with E-state index in [9.17, 15) is 0 Å². The number of aromatic amines is 1. The van der Waals surface area contributed by atoms with Crippen LogP contribution in [0.1, 0.15) is 30.9 Å². The lowest BCUT2D eigenvalue weighted by Crippen LogP contribution is -2.04. The lowest BCUT2D eigenvalue weighted by Gasteiger charge is -2.10. The highest BCUT2D eigenvalue weighted by molar-refractivity contribution is 9.09. The molecular weight excluding hydrogens is 202 g/mol. The highest BCUT2D eigenvalue weighted by Gasteiger charge is 2.26. The van der Waals surface area contributed by atoms with Crippen LogP contribution in [0.3, 0.4) is 0 Å². The third kappa shape index (κ3) is 1.36. The van der Waals surface area contributed by atoms with E-state index in [0.29, 0.717) is 4.83 Å². The topological polar surface area (TPSA) is 15.8 Å². The van der Waals surface area contributed by atoms with Gasteiger partial charge in [-0.05, 0) is 25.0 Å². The SMILES string of the molecule is BrC1CCCC1c1ccc[nH]1. The van der Waals surface area contributed by atoms with Gasteiger partial charge in [-0.3, -0.25) is 0 Å². The van der Waals surface area contributed by atoms with Crippen molar-refractivity contribution in [2.24, 2.45) is 0 Å². The van der Waals surface area contributed by atoms with Crippen molar-refractivity contribution in [3.63, 3.8) is 0 Å². The summed E-state index contributed by atoms with van der Waals surface area (Å²) in [6.07, 6.45) is 6.02. The summed E-state index contributed by atoms with van der Waals surface area (Å²) in [6, 6.07) is 4.26. The van der Waals surface area contributed by atoms with Crippen molar-refractivity contribution in [3.05, 3.63) is 24.0 Å². The molecule has 2 atom stereocenters. The molecule has 1 N–H and O–H groups in total. The van der Waals surface area contributed by atoms with E-state index < -0.39 is 0 Å². The molecule has 1 fully saturated rings. The predicted octanol–water partition coefficient (Wildman–Crippen LogP) is 3.05. The second-order valence-electron chi connectivity index (χ2n) is 3.18. The molecule has 0 aromatic carbocycles. The van der Waals surface area contributed by atoms with Crippen LogP contribution in [-0.4, -0.2) is 9.81 Å². The first kappa shape index (κ1) is 7.41. The highest BCUT2D eigenvalue weighted by atomic mass is 79.9. The number of hydrogen-bond acceptors (Lipinski definition) is 0. The maximum absolute atomic E-state index is 3.71. The monoisotopic (exact) mass is 213 g/mol. The largest absolute Gasteiger partial charge is 0.365 e. The van der Waals surface area contributed by atoms with Crippen LogP contribution in [0.25, 0.3) is 0 Å². The second-order valence-corrected chi connectivity index (χ2v) is 4.35. The van der Waals surface area contributed by atoms with Crippen LogP contribution in [0.4, 0.5) is 0 Å². The molecule has 1 aliphatic rings. The van der Waals surface area contributed by atoms with Crippen LogP contribution in [0.2, 0.25) is 0 Å². The lowest BCUT2D eigenvalue weighted by atomic mass is 10.1. The molecule has 1 aromatic rings. The Labute approximate surface area is 75.3 Å². The van der Waals surface area contributed by atoms with E-state index in [4.69, 9.17) is 0 Å². The minimum atomic E-state index is 0.696. The second kappa shape index (κ2) is 3.02. The Morgan fingerprint density at radius 3 is 2.91 bits per heavy atom. The molecule has 0 bridgehead atoms. The molecule has 1 aromatic heterocycles. The van der Waals surface area contributed by atoms with Gasteiger partial charge in [0.1, 0.15) is 0 Å². The van der Waals surface area contributed by atoms with Crippen LogP contribution in [0.15, 0.2) is 18.3 Å². The van der Waals surface area contributed by atoms with Crippen molar-refractivity contribution in [2.75, 3.05) is 0 Å². The summed E-state index contributed by atoms with van der Waals surface area (Å²) < 4.78 is 0. The highest BCUT2D eigenvalue weighted by Crippen LogP contribution is 2.38. The van der Waals surface area contributed by atoms with Gasteiger partial charge in [0.15, 0.2) is 0 Å². The minimum absolute atomic E-state index is 0.696. The van der Waals surface area contributed by atoms with Gasteiger partial charge in [-0.15, -0.1) is 0 Å². The van der Waals surface area contributed by atoms with Gasteiger partial charge in [0.2, 0.25) is 0 Å². The summed E-state index contributed by atoms with van der Waals surface area (Å²) >= 11 is 3.71. The summed E-state index contributed by atoms with van der Waals surface area (Å²) in [7, 11) is 0. The van der Waals surface area contributed by atoms with Gasteiger partial charge in [-0.25, -0.2) is 0 Å². The van der Waals surface area contributed by atoms with Crippen LogP contribution in [0, 0.1) is 0 Å². The van der Waals surface area contributed by atoms with E-state index in [1.807, 2.05) is 6.20 Å². The zero-order valence-electron chi connectivity index (χ0n) is 6.39. The summed E-state index contributed by atoms with van der Waals surface area (Å²) in [5.41, 5.74) is 1.39. The normalized spacial score (nSPS) is 31.0. The molecule has 1 aliphatic carbocycles. The molecule has 0 aliphatic heterocycles. The van der Waals surface area contributed by atoms with Crippen molar-refractivity contribution in [2.45, 2.75) is 30.0 Å². The summed E-state index contributed by atoms with van der Waals surface area (Å²) in [5, 5.41) is 0. The molecule has 1 heterocycles. The van der Waals surface area contributed by atoms with Crippen LogP contribution in [-0.2, 0) is 0 Å². The van der Waals surface area contributed by atoms with Gasteiger partial charge in [0, 0.05) is 22.6 Å². The smallest absolute Gasteiger partial charge is 0.0228 e. The number of alkyl halides is 1. The summed E-state index contributed by atoms with van der Waals surface area (Å²) in [5.74, 6) is 0.727. The van der Waals surface area contributed by atoms with Crippen molar-refractivity contribution in [1.82, 2.24) is 4.98 Å². The van der Waals surface area contributed by atoms with Crippen molar-refractivity contribution in [3.8, 4) is 0 Å². The molecule has 1 saturated carbocycles. The standard InChI is InChI=1S/C9H12BrN/c10-8-4-1-3-7(8)9-5-2-6-11-9/h2,5-8,11H,1,3-4H2. The van der Waals surface area contributed by atoms with E-state index >= 15 is 0 Å². The summed E-state index contributed by atoms with van der Waals surface area (Å²) in [6.45, 7) is 0. The lowest BCUT2D eigenvalue weighted by molar-refractivity contribution is 0.721. The third-order valence-electron chi connectivity index (χ3n) is 2.45. The fourth-order valence-electron chi connectivity index (χ4n) is 1.84. The van der Waals surface area contributed by atoms with Crippen molar-refractivity contribution in [1.29, 1.82) is 0 Å². The first-order valence-electron chi connectivity index (χ1n) is 4.15. The average molecular weight is 214 g/mol. The Kier molecular flexibility index (Phi) is 2.03. The predicted molar refractivity (Wildman–Crippen MR) is 50.1 cm³/mol. The number of hydrogen-bond donors (Lipinski definition) is 1. The maximum Gasteiger partial charge on any atom is 0.0228 e. The van der Waals surface area contributed by atoms with Crippen LogP contribution < -0.4 is 0 Å². The molecular formula is C9H12BrN. The van der Waals surface area contributed by atoms with E-state index in [1.165, 1.54) is 25.0 Å². The number of aromatic nitrogens is 1. The van der Waals surface area contributed by atoms with Gasteiger partial charge in [-0.1, -0.05) is 22.4 Å². The quantitative estimate of drug-likeness (QED) is 0.691. The fraction of sp³-hybridized carbons (Fsp3) is 0.556. The Balaban J connectivity index is 2.16. The Bertz CT molecular complexity index is 217. The summed E-state index contributed by atoms with van der Waals surface area (Å²) in [4.78, 5) is 3.98. The number of H-pyrrole nitrogens is 1. The first-order valence-corrected chi connectivity index (χ1v) is 5.07. The molecule has 2 heteroatoms. The number of rotatable bonds is 1. The zero-order valence-corrected chi connectivity index (χ0v) is 7.97. The van der Waals surface area contributed by atoms with Gasteiger partial charge in [-0.2, -0.15) is 0 Å². The van der Waals surface area contributed by atoms with Gasteiger partial charge in [0.25, 0.3) is 0 Å². The zero-order chi connectivity index (χ0) is 7.68.